The summed E-state index contributed by atoms with van der Waals surface area (Å²) in [7, 11) is 0. The van der Waals surface area contributed by atoms with Gasteiger partial charge < -0.3 is 16.0 Å². The summed E-state index contributed by atoms with van der Waals surface area (Å²) in [5.41, 5.74) is 12.8. The van der Waals surface area contributed by atoms with Crippen molar-refractivity contribution in [2.75, 3.05) is 0 Å². The van der Waals surface area contributed by atoms with Crippen LogP contribution in [0.2, 0.25) is 0 Å². The second-order valence-electron chi connectivity index (χ2n) is 3.84. The molecule has 0 bridgehead atoms. The van der Waals surface area contributed by atoms with E-state index in [2.05, 4.69) is 4.98 Å². The number of hydrogen-bond donors (Lipinski definition) is 2. The zero-order valence-corrected chi connectivity index (χ0v) is 9.28. The summed E-state index contributed by atoms with van der Waals surface area (Å²) in [4.78, 5) is 14.7. The van der Waals surface area contributed by atoms with Gasteiger partial charge in [0.25, 0.3) is 0 Å². The average molecular weight is 230 g/mol. The lowest BCUT2D eigenvalue weighted by molar-refractivity contribution is -0.118. The molecule has 5 heteroatoms. The molecule has 1 unspecified atom stereocenters. The highest BCUT2D eigenvalue weighted by atomic mass is 16.1. The van der Waals surface area contributed by atoms with Crippen LogP contribution in [0.4, 0.5) is 0 Å². The minimum absolute atomic E-state index is 0.157. The third-order valence-electron chi connectivity index (χ3n) is 2.54. The van der Waals surface area contributed by atoms with E-state index in [-0.39, 0.29) is 12.5 Å². The van der Waals surface area contributed by atoms with Crippen molar-refractivity contribution in [3.05, 3.63) is 48.5 Å². The van der Waals surface area contributed by atoms with Crippen molar-refractivity contribution in [3.63, 3.8) is 0 Å². The molecule has 0 spiro atoms. The Morgan fingerprint density at radius 2 is 2.06 bits per heavy atom. The SMILES string of the molecule is NC(=O)CC(N)c1ccc(-n2ccnc2)cc1. The molecule has 1 amide bonds. The highest BCUT2D eigenvalue weighted by Gasteiger charge is 2.09. The van der Waals surface area contributed by atoms with Crippen molar-refractivity contribution in [2.24, 2.45) is 11.5 Å². The molecule has 0 saturated heterocycles. The number of amides is 1. The smallest absolute Gasteiger partial charge is 0.219 e. The van der Waals surface area contributed by atoms with Gasteiger partial charge in [0.2, 0.25) is 5.91 Å². The Morgan fingerprint density at radius 3 is 2.59 bits per heavy atom. The molecule has 17 heavy (non-hydrogen) atoms. The van der Waals surface area contributed by atoms with Gasteiger partial charge in [0.15, 0.2) is 0 Å². The number of primary amides is 1. The molecule has 5 nitrogen and oxygen atoms in total. The number of carbonyl (C=O) groups is 1. The molecule has 2 rings (SSSR count). The van der Waals surface area contributed by atoms with Crippen molar-refractivity contribution in [2.45, 2.75) is 12.5 Å². The lowest BCUT2D eigenvalue weighted by Crippen LogP contribution is -2.20. The first-order valence-electron chi connectivity index (χ1n) is 5.29. The van der Waals surface area contributed by atoms with E-state index in [1.807, 2.05) is 35.0 Å². The molecule has 4 N–H and O–H groups in total. The van der Waals surface area contributed by atoms with E-state index < -0.39 is 5.91 Å². The Kier molecular flexibility index (Phi) is 3.20. The Bertz CT molecular complexity index is 490. The summed E-state index contributed by atoms with van der Waals surface area (Å²) in [6.07, 6.45) is 5.45. The normalized spacial score (nSPS) is 12.3. The van der Waals surface area contributed by atoms with Gasteiger partial charge in [-0.05, 0) is 17.7 Å². The van der Waals surface area contributed by atoms with Crippen LogP contribution in [-0.2, 0) is 4.79 Å². The summed E-state index contributed by atoms with van der Waals surface area (Å²) < 4.78 is 1.89. The fourth-order valence-electron chi connectivity index (χ4n) is 1.64. The first-order valence-corrected chi connectivity index (χ1v) is 5.29. The highest BCUT2D eigenvalue weighted by molar-refractivity contribution is 5.74. The molecule has 1 atom stereocenters. The Balaban J connectivity index is 2.15. The largest absolute Gasteiger partial charge is 0.370 e. The van der Waals surface area contributed by atoms with E-state index in [0.29, 0.717) is 0 Å². The van der Waals surface area contributed by atoms with Gasteiger partial charge >= 0.3 is 0 Å². The predicted molar refractivity (Wildman–Crippen MR) is 64.3 cm³/mol. The third kappa shape index (κ3) is 2.70. The first-order chi connectivity index (χ1) is 8.16. The molecule has 1 aromatic carbocycles. The van der Waals surface area contributed by atoms with Crippen LogP contribution in [0.25, 0.3) is 5.69 Å². The second-order valence-corrected chi connectivity index (χ2v) is 3.84. The maximum Gasteiger partial charge on any atom is 0.219 e. The molecular formula is C12H14N4O. The molecule has 0 saturated carbocycles. The standard InChI is InChI=1S/C12H14N4O/c13-11(7-12(14)17)9-1-3-10(4-2-9)16-6-5-15-8-16/h1-6,8,11H,7,13H2,(H2,14,17). The molecule has 2 aromatic rings. The number of rotatable bonds is 4. The Morgan fingerprint density at radius 1 is 1.35 bits per heavy atom. The molecule has 0 aliphatic rings. The topological polar surface area (TPSA) is 86.9 Å². The second kappa shape index (κ2) is 4.80. The number of nitrogens with two attached hydrogens (primary N) is 2. The number of imidazole rings is 1. The first kappa shape index (κ1) is 11.3. The quantitative estimate of drug-likeness (QED) is 0.812. The summed E-state index contributed by atoms with van der Waals surface area (Å²) in [6, 6.07) is 7.30. The van der Waals surface area contributed by atoms with Crippen molar-refractivity contribution in [1.29, 1.82) is 0 Å². The minimum atomic E-state index is -0.392. The zero-order chi connectivity index (χ0) is 12.3. The summed E-state index contributed by atoms with van der Waals surface area (Å²) in [5, 5.41) is 0. The molecule has 0 aliphatic heterocycles. The van der Waals surface area contributed by atoms with Crippen molar-refractivity contribution in [1.82, 2.24) is 9.55 Å². The fraction of sp³-hybridized carbons (Fsp3) is 0.167. The van der Waals surface area contributed by atoms with Crippen LogP contribution in [0, 0.1) is 0 Å². The lowest BCUT2D eigenvalue weighted by atomic mass is 10.0. The Hall–Kier alpha value is -2.14. The van der Waals surface area contributed by atoms with Gasteiger partial charge in [-0.1, -0.05) is 12.1 Å². The van der Waals surface area contributed by atoms with Gasteiger partial charge in [0.1, 0.15) is 0 Å². The zero-order valence-electron chi connectivity index (χ0n) is 9.28. The minimum Gasteiger partial charge on any atom is -0.370 e. The van der Waals surface area contributed by atoms with Gasteiger partial charge in [-0.25, -0.2) is 4.98 Å². The molecule has 1 heterocycles. The van der Waals surface area contributed by atoms with Crippen LogP contribution in [0.1, 0.15) is 18.0 Å². The number of benzene rings is 1. The highest BCUT2D eigenvalue weighted by Crippen LogP contribution is 2.16. The summed E-state index contributed by atoms with van der Waals surface area (Å²) in [6.45, 7) is 0. The van der Waals surface area contributed by atoms with Crippen molar-refractivity contribution < 1.29 is 4.79 Å². The van der Waals surface area contributed by atoms with Crippen LogP contribution in [0.15, 0.2) is 43.0 Å². The van der Waals surface area contributed by atoms with Crippen LogP contribution in [0.3, 0.4) is 0 Å². The maximum absolute atomic E-state index is 10.8. The Labute approximate surface area is 99.1 Å². The number of carbonyl (C=O) groups excluding carboxylic acids is 1. The van der Waals surface area contributed by atoms with Gasteiger partial charge in [0, 0.05) is 30.5 Å². The van der Waals surface area contributed by atoms with Crippen LogP contribution in [0.5, 0.6) is 0 Å². The van der Waals surface area contributed by atoms with Crippen LogP contribution in [-0.4, -0.2) is 15.5 Å². The summed E-state index contributed by atoms with van der Waals surface area (Å²) >= 11 is 0. The average Bonchev–Trinajstić information content (AvgIpc) is 2.82. The van der Waals surface area contributed by atoms with E-state index in [1.54, 1.807) is 12.5 Å². The van der Waals surface area contributed by atoms with Crippen LogP contribution >= 0.6 is 0 Å². The van der Waals surface area contributed by atoms with E-state index in [4.69, 9.17) is 11.5 Å². The molecule has 1 aromatic heterocycles. The number of nitrogens with zero attached hydrogens (tertiary/aromatic N) is 2. The number of aromatic nitrogens is 2. The van der Waals surface area contributed by atoms with Gasteiger partial charge in [-0.2, -0.15) is 0 Å². The van der Waals surface area contributed by atoms with E-state index in [1.165, 1.54) is 0 Å². The predicted octanol–water partition coefficient (Wildman–Crippen LogP) is 0.747. The molecule has 0 fully saturated rings. The van der Waals surface area contributed by atoms with Crippen molar-refractivity contribution in [3.8, 4) is 5.69 Å². The molecular weight excluding hydrogens is 216 g/mol. The summed E-state index contributed by atoms with van der Waals surface area (Å²) in [5.74, 6) is -0.392. The monoisotopic (exact) mass is 230 g/mol. The van der Waals surface area contributed by atoms with Crippen LogP contribution < -0.4 is 11.5 Å². The maximum atomic E-state index is 10.8. The van der Waals surface area contributed by atoms with E-state index >= 15 is 0 Å². The van der Waals surface area contributed by atoms with E-state index in [0.717, 1.165) is 11.3 Å². The fourth-order valence-corrected chi connectivity index (χ4v) is 1.64. The third-order valence-corrected chi connectivity index (χ3v) is 2.54. The van der Waals surface area contributed by atoms with Crippen molar-refractivity contribution >= 4 is 5.91 Å². The van der Waals surface area contributed by atoms with E-state index in [9.17, 15) is 4.79 Å². The lowest BCUT2D eigenvalue weighted by Gasteiger charge is -2.10. The van der Waals surface area contributed by atoms with Gasteiger partial charge in [-0.3, -0.25) is 4.79 Å². The van der Waals surface area contributed by atoms with Gasteiger partial charge in [0.05, 0.1) is 6.33 Å². The molecule has 0 radical (unpaired) electrons. The van der Waals surface area contributed by atoms with Gasteiger partial charge in [-0.15, -0.1) is 0 Å². The number of hydrogen-bond acceptors (Lipinski definition) is 3. The molecule has 0 aliphatic carbocycles. The molecule has 88 valence electrons.